The van der Waals surface area contributed by atoms with Gasteiger partial charge in [0.1, 0.15) is 5.84 Å². The van der Waals surface area contributed by atoms with Gasteiger partial charge in [-0.2, -0.15) is 0 Å². The Hall–Kier alpha value is -2.09. The zero-order valence-electron chi connectivity index (χ0n) is 9.77. The first-order chi connectivity index (χ1) is 8.15. The third kappa shape index (κ3) is 2.94. The van der Waals surface area contributed by atoms with Gasteiger partial charge in [0.15, 0.2) is 0 Å². The van der Waals surface area contributed by atoms with E-state index in [1.807, 2.05) is 24.3 Å². The molecule has 0 fully saturated rings. The summed E-state index contributed by atoms with van der Waals surface area (Å²) in [5.41, 5.74) is 9.68. The van der Waals surface area contributed by atoms with Crippen LogP contribution in [0.2, 0.25) is 0 Å². The van der Waals surface area contributed by atoms with Gasteiger partial charge in [0.2, 0.25) is 0 Å². The van der Waals surface area contributed by atoms with Gasteiger partial charge >= 0.3 is 0 Å². The summed E-state index contributed by atoms with van der Waals surface area (Å²) in [4.78, 5) is 0. The minimum Gasteiger partial charge on any atom is -0.384 e. The molecule has 0 aliphatic carbocycles. The van der Waals surface area contributed by atoms with Crippen molar-refractivity contribution in [3.63, 3.8) is 0 Å². The van der Waals surface area contributed by atoms with Gasteiger partial charge in [-0.25, -0.2) is 0 Å². The van der Waals surface area contributed by atoms with Crippen LogP contribution < -0.4 is 5.73 Å². The molecule has 2 aromatic rings. The molecular weight excluding hydrogens is 208 g/mol. The molecule has 0 atom stereocenters. The molecule has 0 spiro atoms. The number of rotatable bonds is 3. The van der Waals surface area contributed by atoms with Crippen LogP contribution in [0.15, 0.2) is 48.5 Å². The van der Waals surface area contributed by atoms with Gasteiger partial charge in [-0.05, 0) is 24.1 Å². The zero-order valence-corrected chi connectivity index (χ0v) is 9.77. The van der Waals surface area contributed by atoms with Gasteiger partial charge in [0.25, 0.3) is 0 Å². The van der Waals surface area contributed by atoms with E-state index in [0.29, 0.717) is 0 Å². The van der Waals surface area contributed by atoms with E-state index in [2.05, 4.69) is 37.6 Å². The highest BCUT2D eigenvalue weighted by atomic mass is 14.7. The SMILES string of the molecule is Cc1ccc([CH]c2cccc(C(=N)N)c2)cc1. The molecule has 3 N–H and O–H groups in total. The van der Waals surface area contributed by atoms with Gasteiger partial charge in [0.05, 0.1) is 0 Å². The molecule has 0 aromatic heterocycles. The van der Waals surface area contributed by atoms with E-state index in [9.17, 15) is 0 Å². The molecule has 1 radical (unpaired) electrons. The van der Waals surface area contributed by atoms with Gasteiger partial charge in [-0.15, -0.1) is 0 Å². The summed E-state index contributed by atoms with van der Waals surface area (Å²) in [5, 5.41) is 7.40. The maximum Gasteiger partial charge on any atom is 0.122 e. The van der Waals surface area contributed by atoms with Gasteiger partial charge < -0.3 is 5.73 Å². The summed E-state index contributed by atoms with van der Waals surface area (Å²) in [6.45, 7) is 2.07. The number of hydrogen-bond donors (Lipinski definition) is 2. The fourth-order valence-electron chi connectivity index (χ4n) is 1.65. The molecular formula is C15H15N2. The maximum absolute atomic E-state index is 7.40. The standard InChI is InChI=1S/C15H15N2/c1-11-5-7-12(8-6-11)9-13-3-2-4-14(10-13)15(16)17/h2-10H,1H3,(H3,16,17). The van der Waals surface area contributed by atoms with E-state index in [0.717, 1.165) is 16.7 Å². The van der Waals surface area contributed by atoms with E-state index in [1.54, 1.807) is 0 Å². The molecule has 0 bridgehead atoms. The van der Waals surface area contributed by atoms with E-state index >= 15 is 0 Å². The number of benzene rings is 2. The van der Waals surface area contributed by atoms with Crippen molar-refractivity contribution in [2.24, 2.45) is 5.73 Å². The van der Waals surface area contributed by atoms with Gasteiger partial charge in [-0.3, -0.25) is 5.41 Å². The topological polar surface area (TPSA) is 49.9 Å². The largest absolute Gasteiger partial charge is 0.384 e. The maximum atomic E-state index is 7.40. The molecule has 0 unspecified atom stereocenters. The van der Waals surface area contributed by atoms with Crippen LogP contribution in [0.3, 0.4) is 0 Å². The number of aryl methyl sites for hydroxylation is 1. The first kappa shape index (κ1) is 11.4. The average molecular weight is 223 g/mol. The van der Waals surface area contributed by atoms with Gasteiger partial charge in [-0.1, -0.05) is 48.0 Å². The van der Waals surface area contributed by atoms with Crippen LogP contribution in [0.5, 0.6) is 0 Å². The van der Waals surface area contributed by atoms with Crippen LogP contribution >= 0.6 is 0 Å². The minimum atomic E-state index is 0.101. The molecule has 2 rings (SSSR count). The summed E-state index contributed by atoms with van der Waals surface area (Å²) in [6, 6.07) is 16.0. The number of nitrogen functional groups attached to an aromatic ring is 1. The van der Waals surface area contributed by atoms with Crippen molar-refractivity contribution in [3.05, 3.63) is 77.2 Å². The molecule has 17 heavy (non-hydrogen) atoms. The Bertz CT molecular complexity index is 527. The quantitative estimate of drug-likeness (QED) is 0.610. The van der Waals surface area contributed by atoms with Crippen molar-refractivity contribution >= 4 is 5.84 Å². The summed E-state index contributed by atoms with van der Waals surface area (Å²) < 4.78 is 0. The molecule has 85 valence electrons. The predicted molar refractivity (Wildman–Crippen MR) is 71.1 cm³/mol. The molecule has 0 amide bonds. The first-order valence-electron chi connectivity index (χ1n) is 5.51. The highest BCUT2D eigenvalue weighted by Crippen LogP contribution is 2.14. The number of nitrogens with one attached hydrogen (secondary N) is 1. The molecule has 0 aliphatic heterocycles. The monoisotopic (exact) mass is 223 g/mol. The van der Waals surface area contributed by atoms with Crippen molar-refractivity contribution in [1.29, 1.82) is 5.41 Å². The van der Waals surface area contributed by atoms with Crippen LogP contribution in [-0.4, -0.2) is 5.84 Å². The lowest BCUT2D eigenvalue weighted by Crippen LogP contribution is -2.10. The highest BCUT2D eigenvalue weighted by molar-refractivity contribution is 5.95. The zero-order chi connectivity index (χ0) is 12.3. The Balaban J connectivity index is 2.21. The van der Waals surface area contributed by atoms with Crippen molar-refractivity contribution in [1.82, 2.24) is 0 Å². The molecule has 0 saturated carbocycles. The summed E-state index contributed by atoms with van der Waals surface area (Å²) in [6.07, 6.45) is 2.08. The van der Waals surface area contributed by atoms with Crippen molar-refractivity contribution < 1.29 is 0 Å². The lowest BCUT2D eigenvalue weighted by molar-refractivity contribution is 1.37. The van der Waals surface area contributed by atoms with E-state index in [4.69, 9.17) is 11.1 Å². The lowest BCUT2D eigenvalue weighted by Gasteiger charge is -2.04. The Morgan fingerprint density at radius 1 is 1.06 bits per heavy atom. The first-order valence-corrected chi connectivity index (χ1v) is 5.51. The predicted octanol–water partition coefficient (Wildman–Crippen LogP) is 2.88. The number of nitrogens with two attached hydrogens (primary N) is 1. The fourth-order valence-corrected chi connectivity index (χ4v) is 1.65. The number of hydrogen-bond acceptors (Lipinski definition) is 1. The molecule has 2 heteroatoms. The van der Waals surface area contributed by atoms with Gasteiger partial charge in [0, 0.05) is 12.0 Å². The average Bonchev–Trinajstić information content (AvgIpc) is 2.32. The minimum absolute atomic E-state index is 0.101. The van der Waals surface area contributed by atoms with Crippen molar-refractivity contribution in [2.45, 2.75) is 6.92 Å². The van der Waals surface area contributed by atoms with Crippen LogP contribution in [0.1, 0.15) is 22.3 Å². The Labute approximate surface area is 102 Å². The van der Waals surface area contributed by atoms with Crippen LogP contribution in [0, 0.1) is 18.8 Å². The molecule has 0 saturated heterocycles. The van der Waals surface area contributed by atoms with Crippen LogP contribution in [-0.2, 0) is 0 Å². The third-order valence-electron chi connectivity index (χ3n) is 2.61. The van der Waals surface area contributed by atoms with Crippen LogP contribution in [0.4, 0.5) is 0 Å². The smallest absolute Gasteiger partial charge is 0.122 e. The lowest BCUT2D eigenvalue weighted by atomic mass is 10.0. The Morgan fingerprint density at radius 2 is 1.76 bits per heavy atom. The summed E-state index contributed by atoms with van der Waals surface area (Å²) in [5.74, 6) is 0.101. The second kappa shape index (κ2) is 4.83. The van der Waals surface area contributed by atoms with Crippen molar-refractivity contribution in [2.75, 3.05) is 0 Å². The van der Waals surface area contributed by atoms with Crippen molar-refractivity contribution in [3.8, 4) is 0 Å². The molecule has 0 heterocycles. The van der Waals surface area contributed by atoms with Crippen LogP contribution in [0.25, 0.3) is 0 Å². The molecule has 2 aromatic carbocycles. The summed E-state index contributed by atoms with van der Waals surface area (Å²) >= 11 is 0. The normalized spacial score (nSPS) is 10.2. The second-order valence-corrected chi connectivity index (χ2v) is 4.09. The molecule has 0 aliphatic rings. The summed E-state index contributed by atoms with van der Waals surface area (Å²) in [7, 11) is 0. The Kier molecular flexibility index (Phi) is 3.24. The van der Waals surface area contributed by atoms with E-state index < -0.39 is 0 Å². The fraction of sp³-hybridized carbons (Fsp3) is 0.0667. The van der Waals surface area contributed by atoms with E-state index in [1.165, 1.54) is 5.56 Å². The molecule has 2 nitrogen and oxygen atoms in total. The van der Waals surface area contributed by atoms with E-state index in [-0.39, 0.29) is 5.84 Å². The third-order valence-corrected chi connectivity index (χ3v) is 2.61. The highest BCUT2D eigenvalue weighted by Gasteiger charge is 2.00. The second-order valence-electron chi connectivity index (χ2n) is 4.09. The number of amidine groups is 1. The Morgan fingerprint density at radius 3 is 2.41 bits per heavy atom.